The minimum absolute atomic E-state index is 0.155. The van der Waals surface area contributed by atoms with Gasteiger partial charge in [0.2, 0.25) is 0 Å². The highest BCUT2D eigenvalue weighted by atomic mass is 32.1. The van der Waals surface area contributed by atoms with Gasteiger partial charge in [0.25, 0.3) is 5.91 Å². The summed E-state index contributed by atoms with van der Waals surface area (Å²) < 4.78 is 5.09. The van der Waals surface area contributed by atoms with E-state index in [1.807, 2.05) is 12.3 Å². The van der Waals surface area contributed by atoms with Crippen molar-refractivity contribution in [1.29, 1.82) is 0 Å². The van der Waals surface area contributed by atoms with Crippen LogP contribution in [0.15, 0.2) is 23.8 Å². The maximum absolute atomic E-state index is 12.1. The Morgan fingerprint density at radius 3 is 3.00 bits per heavy atom. The third kappa shape index (κ3) is 3.07. The van der Waals surface area contributed by atoms with Crippen molar-refractivity contribution in [2.24, 2.45) is 5.73 Å². The Bertz CT molecular complexity index is 583. The number of nitrogens with zero attached hydrogens (tertiary/aromatic N) is 2. The number of ether oxygens (including phenoxy) is 1. The number of hydrogen-bond acceptors (Lipinski definition) is 6. The Hall–Kier alpha value is -1.99. The van der Waals surface area contributed by atoms with E-state index in [4.69, 9.17) is 10.5 Å². The van der Waals surface area contributed by atoms with Crippen molar-refractivity contribution >= 4 is 22.4 Å². The van der Waals surface area contributed by atoms with E-state index in [2.05, 4.69) is 15.3 Å². The van der Waals surface area contributed by atoms with E-state index in [9.17, 15) is 4.79 Å². The lowest BCUT2D eigenvalue weighted by Crippen LogP contribution is -2.13. The first kappa shape index (κ1) is 13.4. The van der Waals surface area contributed by atoms with Crippen molar-refractivity contribution in [2.75, 3.05) is 12.4 Å². The topological polar surface area (TPSA) is 90.1 Å². The molecule has 19 heavy (non-hydrogen) atoms. The summed E-state index contributed by atoms with van der Waals surface area (Å²) in [4.78, 5) is 20.2. The highest BCUT2D eigenvalue weighted by Gasteiger charge is 2.14. The lowest BCUT2D eigenvalue weighted by Gasteiger charge is -2.06. The molecule has 1 amide bonds. The molecular formula is C12H14N4O2S. The standard InChI is InChI=1S/C12H14N4O2S/c1-7(13)9-6-19-12(15-9)16-11(17)8-3-4-14-5-10(8)18-2/h3-7H,13H2,1-2H3,(H,15,16,17). The predicted molar refractivity (Wildman–Crippen MR) is 73.5 cm³/mol. The summed E-state index contributed by atoms with van der Waals surface area (Å²) in [6.07, 6.45) is 3.02. The average molecular weight is 278 g/mol. The van der Waals surface area contributed by atoms with Gasteiger partial charge in [-0.25, -0.2) is 4.98 Å². The monoisotopic (exact) mass is 278 g/mol. The molecule has 6 nitrogen and oxygen atoms in total. The van der Waals surface area contributed by atoms with Crippen LogP contribution in [0.2, 0.25) is 0 Å². The third-order valence-corrected chi connectivity index (χ3v) is 3.23. The summed E-state index contributed by atoms with van der Waals surface area (Å²) in [5, 5.41) is 5.05. The fourth-order valence-corrected chi connectivity index (χ4v) is 2.26. The van der Waals surface area contributed by atoms with E-state index in [0.29, 0.717) is 16.4 Å². The van der Waals surface area contributed by atoms with Gasteiger partial charge in [0, 0.05) is 17.6 Å². The predicted octanol–water partition coefficient (Wildman–Crippen LogP) is 1.82. The van der Waals surface area contributed by atoms with Crippen LogP contribution in [-0.2, 0) is 0 Å². The zero-order valence-electron chi connectivity index (χ0n) is 10.6. The molecule has 1 atom stereocenters. The van der Waals surface area contributed by atoms with Gasteiger partial charge in [-0.15, -0.1) is 11.3 Å². The highest BCUT2D eigenvalue weighted by Crippen LogP contribution is 2.22. The number of amides is 1. The fourth-order valence-electron chi connectivity index (χ4n) is 1.45. The molecule has 0 aliphatic heterocycles. The number of carbonyl (C=O) groups is 1. The summed E-state index contributed by atoms with van der Waals surface area (Å²) in [7, 11) is 1.49. The summed E-state index contributed by atoms with van der Waals surface area (Å²) in [5.74, 6) is 0.133. The lowest BCUT2D eigenvalue weighted by molar-refractivity contribution is 0.102. The molecular weight excluding hydrogens is 264 g/mol. The zero-order chi connectivity index (χ0) is 13.8. The lowest BCUT2D eigenvalue weighted by atomic mass is 10.2. The van der Waals surface area contributed by atoms with Gasteiger partial charge in [-0.1, -0.05) is 0 Å². The molecule has 1 unspecified atom stereocenters. The van der Waals surface area contributed by atoms with Crippen LogP contribution >= 0.6 is 11.3 Å². The van der Waals surface area contributed by atoms with E-state index >= 15 is 0 Å². The van der Waals surface area contributed by atoms with Gasteiger partial charge in [-0.05, 0) is 13.0 Å². The van der Waals surface area contributed by atoms with Gasteiger partial charge in [-0.2, -0.15) is 0 Å². The number of anilines is 1. The first-order chi connectivity index (χ1) is 9.11. The van der Waals surface area contributed by atoms with Gasteiger partial charge in [0.05, 0.1) is 24.6 Å². The molecule has 7 heteroatoms. The van der Waals surface area contributed by atoms with Crippen molar-refractivity contribution in [3.8, 4) is 5.75 Å². The minimum Gasteiger partial charge on any atom is -0.494 e. The minimum atomic E-state index is -0.287. The number of pyridine rings is 1. The molecule has 0 fully saturated rings. The molecule has 0 aliphatic carbocycles. The van der Waals surface area contributed by atoms with Crippen molar-refractivity contribution in [2.45, 2.75) is 13.0 Å². The van der Waals surface area contributed by atoms with E-state index in [1.165, 1.54) is 30.8 Å². The molecule has 0 aromatic carbocycles. The third-order valence-electron chi connectivity index (χ3n) is 2.46. The van der Waals surface area contributed by atoms with Gasteiger partial charge in [0.1, 0.15) is 5.75 Å². The second-order valence-corrected chi connectivity index (χ2v) is 4.75. The maximum atomic E-state index is 12.1. The van der Waals surface area contributed by atoms with Crippen molar-refractivity contribution in [1.82, 2.24) is 9.97 Å². The number of nitrogens with one attached hydrogen (secondary N) is 1. The Balaban J connectivity index is 2.16. The van der Waals surface area contributed by atoms with Crippen LogP contribution in [0.25, 0.3) is 0 Å². The van der Waals surface area contributed by atoms with Crippen LogP contribution < -0.4 is 15.8 Å². The van der Waals surface area contributed by atoms with Crippen molar-refractivity contribution in [3.05, 3.63) is 35.1 Å². The number of nitrogens with two attached hydrogens (primary N) is 1. The van der Waals surface area contributed by atoms with Gasteiger partial charge >= 0.3 is 0 Å². The molecule has 0 radical (unpaired) electrons. The molecule has 0 spiro atoms. The van der Waals surface area contributed by atoms with Gasteiger partial charge in [0.15, 0.2) is 5.13 Å². The van der Waals surface area contributed by atoms with Gasteiger partial charge < -0.3 is 10.5 Å². The van der Waals surface area contributed by atoms with Crippen molar-refractivity contribution in [3.63, 3.8) is 0 Å². The molecule has 0 saturated heterocycles. The maximum Gasteiger partial charge on any atom is 0.261 e. The molecule has 0 bridgehead atoms. The zero-order valence-corrected chi connectivity index (χ0v) is 11.4. The van der Waals surface area contributed by atoms with E-state index < -0.39 is 0 Å². The number of methoxy groups -OCH3 is 1. The second-order valence-electron chi connectivity index (χ2n) is 3.90. The molecule has 100 valence electrons. The molecule has 3 N–H and O–H groups in total. The van der Waals surface area contributed by atoms with Crippen LogP contribution in [0, 0.1) is 0 Å². The van der Waals surface area contributed by atoms with Crippen LogP contribution in [0.5, 0.6) is 5.75 Å². The molecule has 0 saturated carbocycles. The fraction of sp³-hybridized carbons (Fsp3) is 0.250. The molecule has 2 aromatic rings. The van der Waals surface area contributed by atoms with Crippen LogP contribution in [0.1, 0.15) is 29.0 Å². The highest BCUT2D eigenvalue weighted by molar-refractivity contribution is 7.14. The number of carbonyl (C=O) groups excluding carboxylic acids is 1. The second kappa shape index (κ2) is 5.77. The number of thiazole rings is 1. The Labute approximate surface area is 114 Å². The smallest absolute Gasteiger partial charge is 0.261 e. The number of rotatable bonds is 4. The summed E-state index contributed by atoms with van der Waals surface area (Å²) in [6, 6.07) is 1.44. The quantitative estimate of drug-likeness (QED) is 0.890. The number of aromatic nitrogens is 2. The Morgan fingerprint density at radius 2 is 2.37 bits per heavy atom. The largest absolute Gasteiger partial charge is 0.494 e. The van der Waals surface area contributed by atoms with E-state index in [1.54, 1.807) is 6.07 Å². The van der Waals surface area contributed by atoms with Crippen LogP contribution in [-0.4, -0.2) is 23.0 Å². The molecule has 2 heterocycles. The first-order valence-electron chi connectivity index (χ1n) is 5.62. The van der Waals surface area contributed by atoms with Crippen molar-refractivity contribution < 1.29 is 9.53 Å². The Morgan fingerprint density at radius 1 is 1.58 bits per heavy atom. The van der Waals surface area contributed by atoms with Crippen LogP contribution in [0.3, 0.4) is 0 Å². The molecule has 2 rings (SSSR count). The summed E-state index contributed by atoms with van der Waals surface area (Å²) in [6.45, 7) is 1.84. The number of hydrogen-bond donors (Lipinski definition) is 2. The summed E-state index contributed by atoms with van der Waals surface area (Å²) >= 11 is 1.33. The summed E-state index contributed by atoms with van der Waals surface area (Å²) in [5.41, 5.74) is 6.88. The van der Waals surface area contributed by atoms with Crippen LogP contribution in [0.4, 0.5) is 5.13 Å². The SMILES string of the molecule is COc1cnccc1C(=O)Nc1nc(C(C)N)cs1. The van der Waals surface area contributed by atoms with E-state index in [0.717, 1.165) is 5.69 Å². The average Bonchev–Trinajstić information content (AvgIpc) is 2.87. The van der Waals surface area contributed by atoms with Gasteiger partial charge in [-0.3, -0.25) is 15.1 Å². The Kier molecular flexibility index (Phi) is 4.08. The molecule has 2 aromatic heterocycles. The molecule has 0 aliphatic rings. The van der Waals surface area contributed by atoms with E-state index in [-0.39, 0.29) is 11.9 Å². The first-order valence-corrected chi connectivity index (χ1v) is 6.50. The normalized spacial score (nSPS) is 11.9.